The number of aliphatic hydroxyl groups excluding tert-OH is 1. The van der Waals surface area contributed by atoms with Gasteiger partial charge in [-0.1, -0.05) is 24.3 Å². The highest BCUT2D eigenvalue weighted by molar-refractivity contribution is 14.1. The van der Waals surface area contributed by atoms with Gasteiger partial charge in [-0.3, -0.25) is 19.7 Å². The summed E-state index contributed by atoms with van der Waals surface area (Å²) in [5.41, 5.74) is 1.12. The minimum Gasteiger partial charge on any atom is -0.392 e. The third kappa shape index (κ3) is 4.67. The predicted octanol–water partition coefficient (Wildman–Crippen LogP) is 5.40. The van der Waals surface area contributed by atoms with Gasteiger partial charge in [-0.2, -0.15) is 0 Å². The first-order chi connectivity index (χ1) is 19.7. The minimum atomic E-state index is -1.22. The Hall–Kier alpha value is -2.53. The van der Waals surface area contributed by atoms with Gasteiger partial charge in [0.2, 0.25) is 11.8 Å². The number of likely N-dealkylation sites (tertiary alicyclic amines) is 1. The van der Waals surface area contributed by atoms with Gasteiger partial charge >= 0.3 is 0 Å². The van der Waals surface area contributed by atoms with Crippen molar-refractivity contribution >= 4 is 40.1 Å². The molecule has 216 valence electrons. The van der Waals surface area contributed by atoms with Crippen LogP contribution in [0, 0.1) is 36.9 Å². The Labute approximate surface area is 253 Å². The van der Waals surface area contributed by atoms with Crippen LogP contribution in [0.2, 0.25) is 0 Å². The largest absolute Gasteiger partial charge is 0.392 e. The molecular formula is C32H36IN3O5. The molecule has 0 unspecified atom stereocenters. The van der Waals surface area contributed by atoms with E-state index in [0.717, 1.165) is 64.6 Å². The van der Waals surface area contributed by atoms with E-state index in [1.807, 2.05) is 23.1 Å². The predicted molar refractivity (Wildman–Crippen MR) is 161 cm³/mol. The Kier molecular flexibility index (Phi) is 6.69. The minimum absolute atomic E-state index is 0.0260. The van der Waals surface area contributed by atoms with E-state index in [0.29, 0.717) is 12.1 Å². The number of hydrogen-bond donors (Lipinski definition) is 2. The van der Waals surface area contributed by atoms with Gasteiger partial charge in [0.1, 0.15) is 5.41 Å². The molecule has 4 bridgehead atoms. The Morgan fingerprint density at radius 2 is 1.68 bits per heavy atom. The second-order valence-electron chi connectivity index (χ2n) is 13.6. The van der Waals surface area contributed by atoms with Gasteiger partial charge in [0, 0.05) is 34.7 Å². The molecule has 5 saturated carbocycles. The van der Waals surface area contributed by atoms with E-state index in [1.54, 1.807) is 12.1 Å². The summed E-state index contributed by atoms with van der Waals surface area (Å²) in [4.78, 5) is 41.8. The van der Waals surface area contributed by atoms with Crippen LogP contribution in [-0.4, -0.2) is 39.3 Å². The van der Waals surface area contributed by atoms with Crippen molar-refractivity contribution in [2.75, 3.05) is 6.54 Å². The van der Waals surface area contributed by atoms with Crippen LogP contribution in [0.25, 0.3) is 0 Å². The maximum atomic E-state index is 14.4. The molecule has 0 spiro atoms. The van der Waals surface area contributed by atoms with E-state index < -0.39 is 16.4 Å². The number of non-ortho nitro benzene ring substituents is 1. The fraction of sp³-hybridized carbons (Fsp3) is 0.562. The zero-order chi connectivity index (χ0) is 28.5. The Morgan fingerprint density at radius 1 is 1.05 bits per heavy atom. The van der Waals surface area contributed by atoms with Crippen molar-refractivity contribution < 1.29 is 19.6 Å². The lowest BCUT2D eigenvalue weighted by Crippen LogP contribution is -2.53. The normalized spacial score (nSPS) is 33.8. The van der Waals surface area contributed by atoms with Crippen LogP contribution < -0.4 is 5.32 Å². The van der Waals surface area contributed by atoms with Crippen LogP contribution in [0.5, 0.6) is 0 Å². The van der Waals surface area contributed by atoms with Crippen LogP contribution in [0.1, 0.15) is 80.5 Å². The van der Waals surface area contributed by atoms with Crippen molar-refractivity contribution in [1.82, 2.24) is 10.2 Å². The summed E-state index contributed by atoms with van der Waals surface area (Å²) in [5.74, 6) is 2.00. The molecule has 41 heavy (non-hydrogen) atoms. The summed E-state index contributed by atoms with van der Waals surface area (Å²) in [6.45, 7) is 0.551. The number of halogens is 1. The molecule has 9 heteroatoms. The summed E-state index contributed by atoms with van der Waals surface area (Å²) in [5, 5.41) is 24.5. The second-order valence-corrected chi connectivity index (χ2v) is 14.7. The van der Waals surface area contributed by atoms with Gasteiger partial charge in [-0.25, -0.2) is 0 Å². The highest BCUT2D eigenvalue weighted by Gasteiger charge is 2.61. The lowest BCUT2D eigenvalue weighted by Gasteiger charge is -2.58. The van der Waals surface area contributed by atoms with E-state index in [9.17, 15) is 24.8 Å². The first kappa shape index (κ1) is 27.3. The molecule has 1 heterocycles. The number of carbonyl (C=O) groups excluding carboxylic acids is 2. The van der Waals surface area contributed by atoms with E-state index in [-0.39, 0.29) is 42.0 Å². The highest BCUT2D eigenvalue weighted by Crippen LogP contribution is 2.62. The van der Waals surface area contributed by atoms with Crippen LogP contribution in [0.3, 0.4) is 0 Å². The molecule has 2 aromatic rings. The third-order valence-electron chi connectivity index (χ3n) is 10.7. The zero-order valence-corrected chi connectivity index (χ0v) is 25.2. The van der Waals surface area contributed by atoms with Crippen molar-refractivity contribution in [3.63, 3.8) is 0 Å². The van der Waals surface area contributed by atoms with Crippen LogP contribution in [0.4, 0.5) is 5.69 Å². The van der Waals surface area contributed by atoms with Gasteiger partial charge in [0.15, 0.2) is 0 Å². The molecule has 0 radical (unpaired) electrons. The van der Waals surface area contributed by atoms with Crippen molar-refractivity contribution in [2.45, 2.75) is 81.9 Å². The van der Waals surface area contributed by atoms with Gasteiger partial charge < -0.3 is 15.3 Å². The van der Waals surface area contributed by atoms with Gasteiger partial charge in [0.05, 0.1) is 17.6 Å². The fourth-order valence-corrected chi connectivity index (χ4v) is 10.1. The smallest absolute Gasteiger partial charge is 0.269 e. The quantitative estimate of drug-likeness (QED) is 0.222. The van der Waals surface area contributed by atoms with Crippen molar-refractivity contribution in [3.8, 4) is 0 Å². The first-order valence-electron chi connectivity index (χ1n) is 14.9. The maximum absolute atomic E-state index is 14.4. The van der Waals surface area contributed by atoms with E-state index in [4.69, 9.17) is 0 Å². The number of aliphatic hydroxyl groups is 1. The molecule has 6 aliphatic rings. The average molecular weight is 670 g/mol. The topological polar surface area (TPSA) is 113 Å². The fourth-order valence-electron chi connectivity index (χ4n) is 9.21. The number of nitro benzene ring substituents is 1. The Bertz CT molecular complexity index is 1370. The molecule has 2 N–H and O–H groups in total. The lowest BCUT2D eigenvalue weighted by molar-refractivity contribution is -0.384. The summed E-state index contributed by atoms with van der Waals surface area (Å²) in [6.07, 6.45) is 9.24. The van der Waals surface area contributed by atoms with E-state index in [1.165, 1.54) is 31.4 Å². The lowest BCUT2D eigenvalue weighted by atomic mass is 9.49. The SMILES string of the molecule is O=C1C[C@@](C(=O)NC2CC2)(c2ccc([N+](=O)[O-])cc2)[C@@H](c2ccc(CO)cc2I)N1CC12CC3CC(CC(C3)C1)C2. The Morgan fingerprint density at radius 3 is 2.22 bits per heavy atom. The molecule has 6 fully saturated rings. The van der Waals surface area contributed by atoms with E-state index >= 15 is 0 Å². The summed E-state index contributed by atoms with van der Waals surface area (Å²) < 4.78 is 0.898. The van der Waals surface area contributed by atoms with Crippen LogP contribution in [-0.2, 0) is 21.6 Å². The molecule has 8 rings (SSSR count). The molecule has 0 aromatic heterocycles. The molecule has 1 aliphatic heterocycles. The maximum Gasteiger partial charge on any atom is 0.269 e. The highest BCUT2D eigenvalue weighted by atomic mass is 127. The zero-order valence-electron chi connectivity index (χ0n) is 23.1. The van der Waals surface area contributed by atoms with Gasteiger partial charge in [0.25, 0.3) is 5.69 Å². The molecule has 2 atom stereocenters. The van der Waals surface area contributed by atoms with Gasteiger partial charge in [-0.05, 0) is 120 Å². The summed E-state index contributed by atoms with van der Waals surface area (Å²) in [7, 11) is 0. The van der Waals surface area contributed by atoms with Crippen LogP contribution >= 0.6 is 22.6 Å². The number of nitro groups is 1. The van der Waals surface area contributed by atoms with Gasteiger partial charge in [-0.15, -0.1) is 0 Å². The van der Waals surface area contributed by atoms with E-state index in [2.05, 4.69) is 27.9 Å². The van der Waals surface area contributed by atoms with Crippen molar-refractivity contribution in [2.24, 2.45) is 23.2 Å². The third-order valence-corrected chi connectivity index (χ3v) is 11.6. The number of nitrogens with one attached hydrogen (secondary N) is 1. The molecule has 2 aromatic carbocycles. The number of benzene rings is 2. The van der Waals surface area contributed by atoms with Crippen molar-refractivity contribution in [1.29, 1.82) is 0 Å². The monoisotopic (exact) mass is 669 g/mol. The molecular weight excluding hydrogens is 633 g/mol. The number of amides is 2. The molecule has 5 aliphatic carbocycles. The van der Waals surface area contributed by atoms with Crippen LogP contribution in [0.15, 0.2) is 42.5 Å². The number of nitrogens with zero attached hydrogens (tertiary/aromatic N) is 2. The molecule has 1 saturated heterocycles. The number of hydrogen-bond acceptors (Lipinski definition) is 5. The Balaban J connectivity index is 1.37. The summed E-state index contributed by atoms with van der Waals surface area (Å²) in [6, 6.07) is 11.6. The molecule has 2 amide bonds. The second kappa shape index (κ2) is 10.0. The van der Waals surface area contributed by atoms with Crippen molar-refractivity contribution in [3.05, 3.63) is 72.8 Å². The average Bonchev–Trinajstić information content (AvgIpc) is 3.70. The summed E-state index contributed by atoms with van der Waals surface area (Å²) >= 11 is 2.27. The first-order valence-corrected chi connectivity index (χ1v) is 16.0. The number of carbonyl (C=O) groups is 2. The molecule has 8 nitrogen and oxygen atoms in total. The number of rotatable bonds is 8. The standard InChI is InChI=1S/C32H36IN3O5/c33-27-12-19(17-37)1-8-26(27)29-32(30(39)34-24-4-5-24,23-2-6-25(7-3-23)36(40)41)16-28(38)35(29)18-31-13-20-9-21(14-31)11-22(10-20)15-31/h1-3,6-8,12,20-22,24,29,37H,4-5,9-11,13-18H2,(H,34,39)/t20?,21?,22?,29-,31?,32-/m1/s1.